The molecule has 7 nitrogen and oxygen atoms in total. The van der Waals surface area contributed by atoms with Crippen molar-refractivity contribution >= 4 is 15.9 Å². The van der Waals surface area contributed by atoms with Gasteiger partial charge in [0.1, 0.15) is 16.1 Å². The second-order valence-electron chi connectivity index (χ2n) is 7.05. The fourth-order valence-electron chi connectivity index (χ4n) is 3.44. The van der Waals surface area contributed by atoms with Gasteiger partial charge in [-0.05, 0) is 37.8 Å². The summed E-state index contributed by atoms with van der Waals surface area (Å²) in [4.78, 5) is 14.9. The molecule has 1 fully saturated rings. The van der Waals surface area contributed by atoms with Gasteiger partial charge in [-0.2, -0.15) is 22.3 Å². The lowest BCUT2D eigenvalue weighted by Gasteiger charge is -2.43. The van der Waals surface area contributed by atoms with Crippen LogP contribution in [-0.4, -0.2) is 35.6 Å². The summed E-state index contributed by atoms with van der Waals surface area (Å²) in [7, 11) is -3.43. The van der Waals surface area contributed by atoms with Gasteiger partial charge in [0.25, 0.3) is 5.91 Å². The van der Waals surface area contributed by atoms with Gasteiger partial charge in [0, 0.05) is 30.6 Å². The van der Waals surface area contributed by atoms with Gasteiger partial charge < -0.3 is 10.3 Å². The first-order chi connectivity index (χ1) is 13.3. The summed E-state index contributed by atoms with van der Waals surface area (Å²) in [6.07, 6.45) is -4.40. The maximum atomic E-state index is 13.8. The molecule has 0 aromatic carbocycles. The molecular weight excluding hydrogens is 416 g/mol. The lowest BCUT2D eigenvalue weighted by molar-refractivity contribution is -0.212. The van der Waals surface area contributed by atoms with Crippen molar-refractivity contribution in [3.05, 3.63) is 35.7 Å². The first-order valence-electron chi connectivity index (χ1n) is 8.52. The van der Waals surface area contributed by atoms with Crippen LogP contribution in [0.3, 0.4) is 0 Å². The molecule has 1 aliphatic carbocycles. The smallest absolute Gasteiger partial charge is 0.364 e. The van der Waals surface area contributed by atoms with Crippen molar-refractivity contribution in [2.75, 3.05) is 0 Å². The quantitative estimate of drug-likeness (QED) is 0.557. The number of hydrogen-bond donors (Lipinski definition) is 2. The molecule has 2 aromatic rings. The van der Waals surface area contributed by atoms with Crippen LogP contribution in [0.2, 0.25) is 0 Å². The minimum absolute atomic E-state index is 0.0422. The number of rotatable bonds is 5. The number of aryl methyl sites for hydroxylation is 2. The maximum absolute atomic E-state index is 13.8. The molecule has 158 valence electrons. The van der Waals surface area contributed by atoms with E-state index in [4.69, 9.17) is 5.73 Å². The number of alkyl halides is 3. The van der Waals surface area contributed by atoms with E-state index in [0.717, 1.165) is 16.8 Å². The molecule has 0 bridgehead atoms. The summed E-state index contributed by atoms with van der Waals surface area (Å²) < 4.78 is 83.0. The molecule has 29 heavy (non-hydrogen) atoms. The van der Waals surface area contributed by atoms with Crippen molar-refractivity contribution in [1.82, 2.24) is 14.3 Å². The number of carbonyl (C=O) groups excluding carboxylic acids is 1. The third-order valence-corrected chi connectivity index (χ3v) is 6.51. The number of carbonyl (C=O) groups is 1. The zero-order valence-corrected chi connectivity index (χ0v) is 16.3. The number of amides is 1. The number of halogens is 4. The fraction of sp³-hybridized carbons (Fsp3) is 0.412. The van der Waals surface area contributed by atoms with Crippen LogP contribution in [0.4, 0.5) is 17.6 Å². The minimum Gasteiger partial charge on any atom is -0.364 e. The Kier molecular flexibility index (Phi) is 4.98. The number of nitrogens with zero attached hydrogens (tertiary/aromatic N) is 2. The highest BCUT2D eigenvalue weighted by molar-refractivity contribution is 7.89. The van der Waals surface area contributed by atoms with Crippen LogP contribution in [0.1, 0.15) is 35.4 Å². The molecule has 0 radical (unpaired) electrons. The first-order valence-corrected chi connectivity index (χ1v) is 10.0. The Hall–Kier alpha value is -2.47. The highest BCUT2D eigenvalue weighted by Crippen LogP contribution is 2.46. The van der Waals surface area contributed by atoms with Gasteiger partial charge in [-0.25, -0.2) is 13.4 Å². The van der Waals surface area contributed by atoms with Gasteiger partial charge >= 0.3 is 6.18 Å². The molecule has 3 N–H and O–H groups in total. The van der Waals surface area contributed by atoms with E-state index in [1.807, 2.05) is 0 Å². The number of hydrogen-bond acceptors (Lipinski definition) is 4. The summed E-state index contributed by atoms with van der Waals surface area (Å²) >= 11 is 0. The summed E-state index contributed by atoms with van der Waals surface area (Å²) in [5.41, 5.74) is 2.35. The Morgan fingerprint density at radius 3 is 2.38 bits per heavy atom. The largest absolute Gasteiger partial charge is 0.407 e. The van der Waals surface area contributed by atoms with Crippen molar-refractivity contribution in [3.63, 3.8) is 0 Å². The van der Waals surface area contributed by atoms with Gasteiger partial charge in [-0.3, -0.25) is 4.79 Å². The fourth-order valence-corrected chi connectivity index (χ4v) is 5.16. The molecule has 12 heteroatoms. The van der Waals surface area contributed by atoms with E-state index < -0.39 is 51.3 Å². The third kappa shape index (κ3) is 3.62. The van der Waals surface area contributed by atoms with E-state index in [2.05, 4.69) is 4.98 Å². The monoisotopic (exact) mass is 434 g/mol. The molecule has 3 rings (SSSR count). The molecule has 2 aromatic heterocycles. The highest BCUT2D eigenvalue weighted by Gasteiger charge is 2.60. The molecule has 0 atom stereocenters. The number of sulfonamides is 1. The van der Waals surface area contributed by atoms with E-state index >= 15 is 0 Å². The summed E-state index contributed by atoms with van der Waals surface area (Å²) in [5, 5.41) is 0. The number of nitrogens with two attached hydrogens (primary N) is 1. The first kappa shape index (κ1) is 21.2. The Labute approximate surface area is 164 Å². The minimum atomic E-state index is -4.79. The van der Waals surface area contributed by atoms with Gasteiger partial charge in [-0.1, -0.05) is 0 Å². The maximum Gasteiger partial charge on any atom is 0.407 e. The normalized spacial score (nSPS) is 16.5. The third-order valence-electron chi connectivity index (χ3n) is 4.96. The molecule has 2 heterocycles. The van der Waals surface area contributed by atoms with Crippen molar-refractivity contribution in [2.45, 2.75) is 42.8 Å². The Morgan fingerprint density at radius 1 is 1.31 bits per heavy atom. The second kappa shape index (κ2) is 6.80. The zero-order valence-electron chi connectivity index (χ0n) is 15.5. The second-order valence-corrected chi connectivity index (χ2v) is 8.70. The van der Waals surface area contributed by atoms with Crippen LogP contribution in [0, 0.1) is 12.9 Å². The Bertz CT molecular complexity index is 1070. The molecule has 1 saturated carbocycles. The van der Waals surface area contributed by atoms with Crippen molar-refractivity contribution in [3.8, 4) is 11.1 Å². The molecule has 0 spiro atoms. The molecular formula is C17H18F4N4O3S. The van der Waals surface area contributed by atoms with Crippen LogP contribution in [-0.2, 0) is 17.1 Å². The average molecular weight is 434 g/mol. The van der Waals surface area contributed by atoms with Crippen LogP contribution in [0.25, 0.3) is 11.1 Å². The van der Waals surface area contributed by atoms with E-state index in [-0.39, 0.29) is 28.9 Å². The Morgan fingerprint density at radius 2 is 1.93 bits per heavy atom. The van der Waals surface area contributed by atoms with Crippen molar-refractivity contribution < 1.29 is 30.8 Å². The predicted octanol–water partition coefficient (Wildman–Crippen LogP) is 2.40. The molecule has 0 saturated heterocycles. The molecule has 1 aliphatic rings. The van der Waals surface area contributed by atoms with E-state index in [1.165, 1.54) is 20.0 Å². The van der Waals surface area contributed by atoms with Crippen LogP contribution >= 0.6 is 0 Å². The standard InChI is InChI=1S/C17H18F4N4O3S/c1-9-6-10(7-12(18)23-9)13-11(8-25(2)14(13)15(22)26)29(27,28)24-16(4-3-5-16)17(19,20)21/h6-8,24H,3-5H2,1-2H3,(H2,22,26). The van der Waals surface area contributed by atoms with E-state index in [9.17, 15) is 30.8 Å². The lowest BCUT2D eigenvalue weighted by atomic mass is 9.77. The zero-order chi connectivity index (χ0) is 21.8. The lowest BCUT2D eigenvalue weighted by Crippen LogP contribution is -2.62. The van der Waals surface area contributed by atoms with E-state index in [0.29, 0.717) is 0 Å². The summed E-state index contributed by atoms with van der Waals surface area (Å²) in [5.74, 6) is -1.96. The number of pyridine rings is 1. The van der Waals surface area contributed by atoms with Crippen LogP contribution in [0.15, 0.2) is 23.2 Å². The summed E-state index contributed by atoms with van der Waals surface area (Å²) in [6.45, 7) is 1.44. The van der Waals surface area contributed by atoms with Crippen LogP contribution < -0.4 is 10.5 Å². The Balaban J connectivity index is 2.22. The van der Waals surface area contributed by atoms with Gasteiger partial charge in [0.2, 0.25) is 16.0 Å². The number of nitrogens with one attached hydrogen (secondary N) is 1. The molecule has 1 amide bonds. The van der Waals surface area contributed by atoms with E-state index in [1.54, 1.807) is 4.72 Å². The average Bonchev–Trinajstić information content (AvgIpc) is 2.87. The van der Waals surface area contributed by atoms with Gasteiger partial charge in [0.15, 0.2) is 0 Å². The predicted molar refractivity (Wildman–Crippen MR) is 94.8 cm³/mol. The van der Waals surface area contributed by atoms with Gasteiger partial charge in [0.05, 0.1) is 0 Å². The topological polar surface area (TPSA) is 107 Å². The highest BCUT2D eigenvalue weighted by atomic mass is 32.2. The summed E-state index contributed by atoms with van der Waals surface area (Å²) in [6, 6.07) is 2.20. The number of primary amides is 1. The SMILES string of the molecule is Cc1cc(-c2c(S(=O)(=O)NC3(C(F)(F)F)CCC3)cn(C)c2C(N)=O)cc(F)n1. The van der Waals surface area contributed by atoms with Crippen LogP contribution in [0.5, 0.6) is 0 Å². The molecule has 0 unspecified atom stereocenters. The molecule has 0 aliphatic heterocycles. The van der Waals surface area contributed by atoms with Crippen molar-refractivity contribution in [1.29, 1.82) is 0 Å². The van der Waals surface area contributed by atoms with Gasteiger partial charge in [-0.15, -0.1) is 0 Å². The van der Waals surface area contributed by atoms with Crippen molar-refractivity contribution in [2.24, 2.45) is 12.8 Å². The number of aromatic nitrogens is 2.